The minimum atomic E-state index is -0.273. The smallest absolute Gasteiger partial charge is 0.213 e. The Bertz CT molecular complexity index is 757. The van der Waals surface area contributed by atoms with Crippen LogP contribution in [0.3, 0.4) is 0 Å². The van der Waals surface area contributed by atoms with Crippen molar-refractivity contribution in [3.63, 3.8) is 0 Å². The van der Waals surface area contributed by atoms with Gasteiger partial charge in [0.15, 0.2) is 11.5 Å². The molecule has 0 unspecified atom stereocenters. The van der Waals surface area contributed by atoms with Crippen molar-refractivity contribution in [3.8, 4) is 17.6 Å². The molecule has 0 spiro atoms. The quantitative estimate of drug-likeness (QED) is 0.492. The number of hydrogen-bond donors (Lipinski definition) is 0. The standard InChI is InChI=1S/C17H13NO3S/c18-11-13(16(19)15-6-2-9-22-15)10-12-4-1-5-14-17(12)21-8-3-7-20-14/h1-2,4-6,9-10H,3,7-8H2/b13-10-. The second-order valence-electron chi connectivity index (χ2n) is 4.70. The number of carbonyl (C=O) groups is 1. The predicted molar refractivity (Wildman–Crippen MR) is 84.3 cm³/mol. The minimum Gasteiger partial charge on any atom is -0.490 e. The van der Waals surface area contributed by atoms with Gasteiger partial charge >= 0.3 is 0 Å². The number of nitrogens with zero attached hydrogens (tertiary/aromatic N) is 1. The van der Waals surface area contributed by atoms with Gasteiger partial charge in [0.1, 0.15) is 11.6 Å². The predicted octanol–water partition coefficient (Wildman–Crippen LogP) is 3.70. The lowest BCUT2D eigenvalue weighted by atomic mass is 10.1. The lowest BCUT2D eigenvalue weighted by Gasteiger charge is -2.10. The molecule has 1 aromatic carbocycles. The van der Waals surface area contributed by atoms with Gasteiger partial charge in [-0.25, -0.2) is 0 Å². The lowest BCUT2D eigenvalue weighted by molar-refractivity contribution is 0.104. The summed E-state index contributed by atoms with van der Waals surface area (Å²) in [5.41, 5.74) is 0.768. The molecule has 3 rings (SSSR count). The third-order valence-corrected chi connectivity index (χ3v) is 4.08. The van der Waals surface area contributed by atoms with Crippen LogP contribution in [0.2, 0.25) is 0 Å². The van der Waals surface area contributed by atoms with Gasteiger partial charge in [0.05, 0.1) is 18.1 Å². The highest BCUT2D eigenvalue weighted by Gasteiger charge is 2.17. The van der Waals surface area contributed by atoms with Gasteiger partial charge < -0.3 is 9.47 Å². The third kappa shape index (κ3) is 2.87. The Labute approximate surface area is 132 Å². The molecule has 0 bridgehead atoms. The fourth-order valence-electron chi connectivity index (χ4n) is 2.17. The molecule has 0 saturated carbocycles. The molecule has 0 N–H and O–H groups in total. The molecular weight excluding hydrogens is 298 g/mol. The Balaban J connectivity index is 2.00. The zero-order valence-corrected chi connectivity index (χ0v) is 12.6. The molecule has 110 valence electrons. The van der Waals surface area contributed by atoms with E-state index in [0.717, 1.165) is 6.42 Å². The first-order valence-corrected chi connectivity index (χ1v) is 7.76. The van der Waals surface area contributed by atoms with E-state index in [1.165, 1.54) is 11.3 Å². The molecule has 1 aliphatic heterocycles. The molecule has 4 nitrogen and oxygen atoms in total. The van der Waals surface area contributed by atoms with Crippen molar-refractivity contribution in [1.29, 1.82) is 5.26 Å². The fourth-order valence-corrected chi connectivity index (χ4v) is 2.85. The summed E-state index contributed by atoms with van der Waals surface area (Å²) in [5.74, 6) is 0.962. The summed E-state index contributed by atoms with van der Waals surface area (Å²) in [4.78, 5) is 12.9. The zero-order chi connectivity index (χ0) is 15.4. The van der Waals surface area contributed by atoms with Crippen LogP contribution >= 0.6 is 11.3 Å². The number of Topliss-reactive ketones (excluding diaryl/α,β-unsaturated/α-hetero) is 1. The maximum atomic E-state index is 12.3. The van der Waals surface area contributed by atoms with E-state index in [9.17, 15) is 10.1 Å². The monoisotopic (exact) mass is 311 g/mol. The van der Waals surface area contributed by atoms with E-state index in [0.29, 0.717) is 35.2 Å². The molecule has 5 heteroatoms. The Morgan fingerprint density at radius 2 is 2.09 bits per heavy atom. The number of thiophene rings is 1. The van der Waals surface area contributed by atoms with Crippen LogP contribution in [0, 0.1) is 11.3 Å². The van der Waals surface area contributed by atoms with Gasteiger partial charge in [0.2, 0.25) is 5.78 Å². The summed E-state index contributed by atoms with van der Waals surface area (Å²) in [6.45, 7) is 1.15. The van der Waals surface area contributed by atoms with Gasteiger partial charge in [-0.3, -0.25) is 4.79 Å². The van der Waals surface area contributed by atoms with Crippen LogP contribution in [0.15, 0.2) is 41.3 Å². The van der Waals surface area contributed by atoms with Crippen LogP contribution in [0.1, 0.15) is 21.7 Å². The highest BCUT2D eigenvalue weighted by molar-refractivity contribution is 7.12. The van der Waals surface area contributed by atoms with E-state index < -0.39 is 0 Å². The van der Waals surface area contributed by atoms with Crippen molar-refractivity contribution in [2.24, 2.45) is 0 Å². The molecular formula is C17H13NO3S. The summed E-state index contributed by atoms with van der Waals surface area (Å²) < 4.78 is 11.3. The third-order valence-electron chi connectivity index (χ3n) is 3.21. The Hall–Kier alpha value is -2.58. The number of para-hydroxylation sites is 1. The average molecular weight is 311 g/mol. The van der Waals surface area contributed by atoms with E-state index in [1.807, 2.05) is 29.6 Å². The summed E-state index contributed by atoms with van der Waals surface area (Å²) in [5, 5.41) is 11.1. The van der Waals surface area contributed by atoms with Gasteiger partial charge in [0.25, 0.3) is 0 Å². The highest BCUT2D eigenvalue weighted by Crippen LogP contribution is 2.34. The van der Waals surface area contributed by atoms with Crippen LogP contribution < -0.4 is 9.47 Å². The molecule has 0 radical (unpaired) electrons. The molecule has 0 saturated heterocycles. The number of ketones is 1. The maximum Gasteiger partial charge on any atom is 0.213 e. The number of carbonyl (C=O) groups excluding carboxylic acids is 1. The second-order valence-corrected chi connectivity index (χ2v) is 5.65. The van der Waals surface area contributed by atoms with E-state index in [4.69, 9.17) is 9.47 Å². The molecule has 2 heterocycles. The van der Waals surface area contributed by atoms with Crippen LogP contribution in [-0.2, 0) is 0 Å². The zero-order valence-electron chi connectivity index (χ0n) is 11.7. The molecule has 0 aliphatic carbocycles. The average Bonchev–Trinajstić information content (AvgIpc) is 2.97. The van der Waals surface area contributed by atoms with Crippen molar-refractivity contribution in [2.75, 3.05) is 13.2 Å². The maximum absolute atomic E-state index is 12.3. The van der Waals surface area contributed by atoms with E-state index >= 15 is 0 Å². The topological polar surface area (TPSA) is 59.3 Å². The number of benzene rings is 1. The Kier molecular flexibility index (Phi) is 4.22. The van der Waals surface area contributed by atoms with Crippen molar-refractivity contribution in [2.45, 2.75) is 6.42 Å². The second kappa shape index (κ2) is 6.46. The number of hydrogen-bond acceptors (Lipinski definition) is 5. The number of nitriles is 1. The first-order valence-electron chi connectivity index (χ1n) is 6.88. The van der Waals surface area contributed by atoms with Crippen LogP contribution in [0.5, 0.6) is 11.5 Å². The number of ether oxygens (including phenoxy) is 2. The molecule has 2 aromatic rings. The van der Waals surface area contributed by atoms with Crippen molar-refractivity contribution in [1.82, 2.24) is 0 Å². The van der Waals surface area contributed by atoms with Crippen LogP contribution in [0.4, 0.5) is 0 Å². The highest BCUT2D eigenvalue weighted by atomic mass is 32.1. The largest absolute Gasteiger partial charge is 0.490 e. The lowest BCUT2D eigenvalue weighted by Crippen LogP contribution is -2.00. The van der Waals surface area contributed by atoms with Gasteiger partial charge in [0, 0.05) is 12.0 Å². The van der Waals surface area contributed by atoms with Crippen molar-refractivity contribution in [3.05, 3.63) is 51.7 Å². The fraction of sp³-hybridized carbons (Fsp3) is 0.176. The molecule has 0 atom stereocenters. The molecule has 1 aliphatic rings. The van der Waals surface area contributed by atoms with Gasteiger partial charge in [-0.2, -0.15) is 5.26 Å². The summed E-state index contributed by atoms with van der Waals surface area (Å²) in [6.07, 6.45) is 2.37. The molecule has 22 heavy (non-hydrogen) atoms. The molecule has 1 aromatic heterocycles. The number of allylic oxidation sites excluding steroid dienone is 1. The SMILES string of the molecule is N#C/C(=C/c1cccc2c1OCCCO2)C(=O)c1cccs1. The Morgan fingerprint density at radius 1 is 1.23 bits per heavy atom. The normalized spacial score (nSPS) is 14.0. The van der Waals surface area contributed by atoms with E-state index in [2.05, 4.69) is 0 Å². The van der Waals surface area contributed by atoms with Crippen molar-refractivity contribution >= 4 is 23.2 Å². The summed E-state index contributed by atoms with van der Waals surface area (Å²) >= 11 is 1.32. The van der Waals surface area contributed by atoms with E-state index in [1.54, 1.807) is 18.2 Å². The van der Waals surface area contributed by atoms with Crippen LogP contribution in [0.25, 0.3) is 6.08 Å². The Morgan fingerprint density at radius 3 is 2.86 bits per heavy atom. The van der Waals surface area contributed by atoms with E-state index in [-0.39, 0.29) is 11.4 Å². The molecule has 0 amide bonds. The number of fused-ring (bicyclic) bond motifs is 1. The van der Waals surface area contributed by atoms with Gasteiger partial charge in [-0.15, -0.1) is 11.3 Å². The minimum absolute atomic E-state index is 0.0868. The first kappa shape index (κ1) is 14.4. The first-order chi connectivity index (χ1) is 10.8. The number of rotatable bonds is 3. The van der Waals surface area contributed by atoms with Crippen molar-refractivity contribution < 1.29 is 14.3 Å². The summed E-state index contributed by atoms with van der Waals surface area (Å²) in [6, 6.07) is 10.9. The summed E-state index contributed by atoms with van der Waals surface area (Å²) in [7, 11) is 0. The van der Waals surface area contributed by atoms with Crippen LogP contribution in [-0.4, -0.2) is 19.0 Å². The molecule has 0 fully saturated rings. The van der Waals surface area contributed by atoms with Gasteiger partial charge in [-0.05, 0) is 23.6 Å². The van der Waals surface area contributed by atoms with Gasteiger partial charge in [-0.1, -0.05) is 18.2 Å².